The van der Waals surface area contributed by atoms with Gasteiger partial charge in [0.25, 0.3) is 0 Å². The zero-order valence-electron chi connectivity index (χ0n) is 10.9. The zero-order valence-corrected chi connectivity index (χ0v) is 10.9. The number of unbranched alkanes of at least 4 members (excludes halogenated alkanes) is 1. The summed E-state index contributed by atoms with van der Waals surface area (Å²) in [6.07, 6.45) is 11.7. The van der Waals surface area contributed by atoms with Gasteiger partial charge in [-0.1, -0.05) is 25.7 Å². The Kier molecular flexibility index (Phi) is 6.90. The average molecular weight is 239 g/mol. The highest BCUT2D eigenvalue weighted by atomic mass is 16.5. The van der Waals surface area contributed by atoms with Crippen LogP contribution in [0.5, 0.6) is 0 Å². The summed E-state index contributed by atoms with van der Waals surface area (Å²) in [5, 5.41) is 7.50. The molecule has 0 spiro atoms. The predicted molar refractivity (Wildman–Crippen MR) is 69.3 cm³/mol. The first-order chi connectivity index (χ1) is 8.27. The smallest absolute Gasteiger partial charge is 0.305 e. The number of methoxy groups -OCH3 is 1. The molecule has 2 atom stereocenters. The van der Waals surface area contributed by atoms with Gasteiger partial charge < -0.3 is 10.1 Å². The molecular formula is C14H25NO2. The third-order valence-corrected chi connectivity index (χ3v) is 3.87. The average Bonchev–Trinajstić information content (AvgIpc) is 2.59. The van der Waals surface area contributed by atoms with Crippen molar-refractivity contribution in [2.45, 2.75) is 57.8 Å². The van der Waals surface area contributed by atoms with Gasteiger partial charge in [0.2, 0.25) is 0 Å². The van der Waals surface area contributed by atoms with Crippen molar-refractivity contribution in [3.05, 3.63) is 0 Å². The van der Waals surface area contributed by atoms with E-state index in [1.807, 2.05) is 0 Å². The molecule has 0 heterocycles. The van der Waals surface area contributed by atoms with E-state index in [-0.39, 0.29) is 5.97 Å². The minimum Gasteiger partial charge on any atom is -0.469 e. The van der Waals surface area contributed by atoms with Crippen LogP contribution < -0.4 is 0 Å². The van der Waals surface area contributed by atoms with Gasteiger partial charge in [0.1, 0.15) is 0 Å². The fraction of sp³-hybridized carbons (Fsp3) is 0.857. The van der Waals surface area contributed by atoms with Gasteiger partial charge in [-0.15, -0.1) is 0 Å². The molecule has 0 aromatic heterocycles. The molecule has 17 heavy (non-hydrogen) atoms. The molecule has 1 N–H and O–H groups in total. The maximum Gasteiger partial charge on any atom is 0.305 e. The number of hydrogen-bond donors (Lipinski definition) is 1. The molecule has 0 aliphatic heterocycles. The Morgan fingerprint density at radius 2 is 2.06 bits per heavy atom. The van der Waals surface area contributed by atoms with Gasteiger partial charge in [-0.05, 0) is 43.7 Å². The lowest BCUT2D eigenvalue weighted by Crippen LogP contribution is -2.14. The Bertz CT molecular complexity index is 240. The third kappa shape index (κ3) is 5.33. The van der Waals surface area contributed by atoms with Gasteiger partial charge in [-0.3, -0.25) is 4.79 Å². The van der Waals surface area contributed by atoms with Crippen LogP contribution in [0.15, 0.2) is 0 Å². The zero-order chi connectivity index (χ0) is 12.5. The van der Waals surface area contributed by atoms with Gasteiger partial charge in [0, 0.05) is 6.42 Å². The summed E-state index contributed by atoms with van der Waals surface area (Å²) in [6, 6.07) is 0. The van der Waals surface area contributed by atoms with Crippen molar-refractivity contribution >= 4 is 12.2 Å². The number of carbonyl (C=O) groups is 1. The first kappa shape index (κ1) is 14.2. The van der Waals surface area contributed by atoms with E-state index in [2.05, 4.69) is 4.74 Å². The molecule has 0 aromatic carbocycles. The van der Waals surface area contributed by atoms with Crippen molar-refractivity contribution in [3.8, 4) is 0 Å². The van der Waals surface area contributed by atoms with Crippen LogP contribution in [0.25, 0.3) is 0 Å². The van der Waals surface area contributed by atoms with Crippen LogP contribution in [0.2, 0.25) is 0 Å². The monoisotopic (exact) mass is 239 g/mol. The lowest BCUT2D eigenvalue weighted by Gasteiger charge is -2.21. The number of ether oxygens (including phenoxy) is 1. The minimum atomic E-state index is -0.102. The van der Waals surface area contributed by atoms with E-state index < -0.39 is 0 Å². The quantitative estimate of drug-likeness (QED) is 0.333. The second-order valence-corrected chi connectivity index (χ2v) is 5.05. The Labute approximate surface area is 104 Å². The summed E-state index contributed by atoms with van der Waals surface area (Å²) < 4.78 is 4.63. The lowest BCUT2D eigenvalue weighted by molar-refractivity contribution is -0.140. The normalized spacial score (nSPS) is 25.0. The first-order valence-corrected chi connectivity index (χ1v) is 6.85. The van der Waals surface area contributed by atoms with Gasteiger partial charge in [0.15, 0.2) is 0 Å². The summed E-state index contributed by atoms with van der Waals surface area (Å²) in [4.78, 5) is 11.0. The van der Waals surface area contributed by atoms with Gasteiger partial charge in [-0.2, -0.15) is 0 Å². The molecule has 1 fully saturated rings. The van der Waals surface area contributed by atoms with Crippen LogP contribution in [0.3, 0.4) is 0 Å². The molecule has 0 bridgehead atoms. The molecule has 1 saturated carbocycles. The van der Waals surface area contributed by atoms with Crippen molar-refractivity contribution in [1.82, 2.24) is 0 Å². The maximum absolute atomic E-state index is 11.0. The molecule has 3 heteroatoms. The highest BCUT2D eigenvalue weighted by Gasteiger charge is 2.21. The fourth-order valence-corrected chi connectivity index (χ4v) is 2.77. The van der Waals surface area contributed by atoms with Gasteiger partial charge in [0.05, 0.1) is 7.11 Å². The van der Waals surface area contributed by atoms with E-state index in [1.54, 1.807) is 6.21 Å². The van der Waals surface area contributed by atoms with Gasteiger partial charge >= 0.3 is 5.97 Å². The number of hydrogen-bond acceptors (Lipinski definition) is 3. The summed E-state index contributed by atoms with van der Waals surface area (Å²) in [5.74, 6) is 1.05. The lowest BCUT2D eigenvalue weighted by atomic mass is 9.85. The topological polar surface area (TPSA) is 50.2 Å². The molecule has 0 aromatic rings. The molecular weight excluding hydrogens is 214 g/mol. The summed E-state index contributed by atoms with van der Waals surface area (Å²) in [5.41, 5.74) is 0. The highest BCUT2D eigenvalue weighted by molar-refractivity contribution is 5.68. The summed E-state index contributed by atoms with van der Waals surface area (Å²) in [6.45, 7) is 0. The highest BCUT2D eigenvalue weighted by Crippen LogP contribution is 2.31. The van der Waals surface area contributed by atoms with Crippen molar-refractivity contribution in [1.29, 1.82) is 5.41 Å². The second-order valence-electron chi connectivity index (χ2n) is 5.05. The van der Waals surface area contributed by atoms with E-state index in [9.17, 15) is 4.79 Å². The van der Waals surface area contributed by atoms with Crippen LogP contribution in [0, 0.1) is 17.2 Å². The molecule has 98 valence electrons. The Morgan fingerprint density at radius 1 is 1.29 bits per heavy atom. The van der Waals surface area contributed by atoms with E-state index in [0.29, 0.717) is 18.3 Å². The van der Waals surface area contributed by atoms with Crippen molar-refractivity contribution in [3.63, 3.8) is 0 Å². The number of nitrogens with one attached hydrogen (secondary N) is 1. The largest absolute Gasteiger partial charge is 0.469 e. The Balaban J connectivity index is 2.23. The van der Waals surface area contributed by atoms with E-state index >= 15 is 0 Å². The molecule has 1 aliphatic rings. The van der Waals surface area contributed by atoms with E-state index in [4.69, 9.17) is 5.41 Å². The molecule has 0 amide bonds. The minimum absolute atomic E-state index is 0.102. The molecule has 0 saturated heterocycles. The van der Waals surface area contributed by atoms with Crippen LogP contribution in [0.1, 0.15) is 57.8 Å². The summed E-state index contributed by atoms with van der Waals surface area (Å²) in [7, 11) is 1.44. The van der Waals surface area contributed by atoms with Crippen LogP contribution in [-0.4, -0.2) is 19.3 Å². The molecule has 1 aliphatic carbocycles. The Hall–Kier alpha value is -0.860. The summed E-state index contributed by atoms with van der Waals surface area (Å²) >= 11 is 0. The standard InChI is InChI=1S/C14H25NO2/c1-17-14(16)10-6-5-8-12-7-3-2-4-9-13(12)11-15/h11-13,15H,2-10H2,1H3. The van der Waals surface area contributed by atoms with E-state index in [1.165, 1.54) is 39.2 Å². The maximum atomic E-state index is 11.0. The van der Waals surface area contributed by atoms with Crippen LogP contribution in [-0.2, 0) is 9.53 Å². The molecule has 3 nitrogen and oxygen atoms in total. The number of rotatable bonds is 6. The van der Waals surface area contributed by atoms with Crippen molar-refractivity contribution in [2.75, 3.05) is 7.11 Å². The second kappa shape index (κ2) is 8.26. The molecule has 2 unspecified atom stereocenters. The van der Waals surface area contributed by atoms with Crippen molar-refractivity contribution < 1.29 is 9.53 Å². The third-order valence-electron chi connectivity index (χ3n) is 3.87. The van der Waals surface area contributed by atoms with Crippen LogP contribution >= 0.6 is 0 Å². The SMILES string of the molecule is COC(=O)CCCCC1CCCCCC1C=N. The van der Waals surface area contributed by atoms with Gasteiger partial charge in [-0.25, -0.2) is 0 Å². The Morgan fingerprint density at radius 3 is 2.76 bits per heavy atom. The first-order valence-electron chi connectivity index (χ1n) is 6.85. The molecule has 1 rings (SSSR count). The van der Waals surface area contributed by atoms with Crippen LogP contribution in [0.4, 0.5) is 0 Å². The predicted octanol–water partition coefficient (Wildman–Crippen LogP) is 3.57. The number of carbonyl (C=O) groups excluding carboxylic acids is 1. The number of esters is 1. The van der Waals surface area contributed by atoms with Crippen molar-refractivity contribution in [2.24, 2.45) is 11.8 Å². The van der Waals surface area contributed by atoms with E-state index in [0.717, 1.165) is 19.3 Å². The fourth-order valence-electron chi connectivity index (χ4n) is 2.77. The molecule has 0 radical (unpaired) electrons.